The number of aliphatic imine (C=N–C) groups is 1. The molecule has 150 valence electrons. The van der Waals surface area contributed by atoms with E-state index in [1.807, 2.05) is 54.2 Å². The summed E-state index contributed by atoms with van der Waals surface area (Å²) < 4.78 is 15.0. The van der Waals surface area contributed by atoms with Crippen molar-refractivity contribution in [2.75, 3.05) is 31.1 Å². The van der Waals surface area contributed by atoms with Crippen molar-refractivity contribution in [1.82, 2.24) is 14.7 Å². The first-order valence-electron chi connectivity index (χ1n) is 9.76. The lowest BCUT2D eigenvalue weighted by Gasteiger charge is -2.36. The van der Waals surface area contributed by atoms with Gasteiger partial charge in [-0.2, -0.15) is 5.10 Å². The summed E-state index contributed by atoms with van der Waals surface area (Å²) in [5, 5.41) is 4.50. The fourth-order valence-electron chi connectivity index (χ4n) is 3.53. The minimum atomic E-state index is -0.214. The Morgan fingerprint density at radius 3 is 2.45 bits per heavy atom. The lowest BCUT2D eigenvalue weighted by molar-refractivity contribution is 0.380. The highest BCUT2D eigenvalue weighted by atomic mass is 19.1. The highest BCUT2D eigenvalue weighted by Crippen LogP contribution is 2.18. The maximum atomic E-state index is 13.1. The molecule has 0 amide bonds. The molecular formula is C22H25FN6. The Morgan fingerprint density at radius 1 is 1.03 bits per heavy atom. The van der Waals surface area contributed by atoms with Gasteiger partial charge in [0.05, 0.1) is 17.9 Å². The molecule has 1 saturated heterocycles. The molecule has 0 bridgehead atoms. The molecule has 1 aliphatic rings. The van der Waals surface area contributed by atoms with Crippen LogP contribution in [0, 0.1) is 12.7 Å². The van der Waals surface area contributed by atoms with Gasteiger partial charge in [0.2, 0.25) is 0 Å². The van der Waals surface area contributed by atoms with Crippen LogP contribution in [0.5, 0.6) is 0 Å². The molecule has 2 N–H and O–H groups in total. The van der Waals surface area contributed by atoms with Crippen LogP contribution in [0.25, 0.3) is 5.69 Å². The fourth-order valence-corrected chi connectivity index (χ4v) is 3.53. The van der Waals surface area contributed by atoms with Gasteiger partial charge in [-0.1, -0.05) is 18.2 Å². The number of piperazine rings is 1. The second-order valence-corrected chi connectivity index (χ2v) is 7.16. The Labute approximate surface area is 170 Å². The molecule has 0 atom stereocenters. The number of halogens is 1. The number of rotatable bonds is 4. The number of hydrogen-bond donors (Lipinski definition) is 1. The SMILES string of the molecule is Cc1ccn(-c2ccccc2CN=C(N)N2CCN(c3ccc(F)cc3)CC2)n1. The maximum Gasteiger partial charge on any atom is 0.191 e. The van der Waals surface area contributed by atoms with Crippen LogP contribution in [0.1, 0.15) is 11.3 Å². The van der Waals surface area contributed by atoms with E-state index in [1.54, 1.807) is 0 Å². The van der Waals surface area contributed by atoms with Gasteiger partial charge < -0.3 is 15.5 Å². The van der Waals surface area contributed by atoms with E-state index >= 15 is 0 Å². The highest BCUT2D eigenvalue weighted by Gasteiger charge is 2.18. The lowest BCUT2D eigenvalue weighted by Crippen LogP contribution is -2.51. The number of anilines is 1. The monoisotopic (exact) mass is 392 g/mol. The number of para-hydroxylation sites is 1. The number of nitrogens with zero attached hydrogens (tertiary/aromatic N) is 5. The molecule has 1 fully saturated rings. The first-order chi connectivity index (χ1) is 14.1. The third-order valence-corrected chi connectivity index (χ3v) is 5.17. The number of guanidine groups is 1. The van der Waals surface area contributed by atoms with Crippen molar-refractivity contribution in [3.63, 3.8) is 0 Å². The minimum Gasteiger partial charge on any atom is -0.370 e. The summed E-state index contributed by atoms with van der Waals surface area (Å²) in [5.74, 6) is 0.338. The molecular weight excluding hydrogens is 367 g/mol. The summed E-state index contributed by atoms with van der Waals surface area (Å²) in [4.78, 5) is 8.96. The molecule has 4 rings (SSSR count). The van der Waals surface area contributed by atoms with Gasteiger partial charge in [-0.05, 0) is 48.9 Å². The molecule has 6 nitrogen and oxygen atoms in total. The number of nitrogens with two attached hydrogens (primary N) is 1. The second kappa shape index (κ2) is 8.34. The minimum absolute atomic E-state index is 0.214. The molecule has 3 aromatic rings. The van der Waals surface area contributed by atoms with Gasteiger partial charge in [0.25, 0.3) is 0 Å². The maximum absolute atomic E-state index is 13.1. The Hall–Kier alpha value is -3.35. The smallest absolute Gasteiger partial charge is 0.191 e. The predicted octanol–water partition coefficient (Wildman–Crippen LogP) is 2.96. The molecule has 0 unspecified atom stereocenters. The Morgan fingerprint density at radius 2 is 1.76 bits per heavy atom. The Kier molecular flexibility index (Phi) is 5.46. The van der Waals surface area contributed by atoms with Crippen LogP contribution < -0.4 is 10.6 Å². The first-order valence-corrected chi connectivity index (χ1v) is 9.76. The molecule has 2 aromatic carbocycles. The molecule has 0 saturated carbocycles. The number of benzene rings is 2. The van der Waals surface area contributed by atoms with Crippen LogP contribution in [0.2, 0.25) is 0 Å². The largest absolute Gasteiger partial charge is 0.370 e. The van der Waals surface area contributed by atoms with Gasteiger partial charge >= 0.3 is 0 Å². The van der Waals surface area contributed by atoms with Gasteiger partial charge in [-0.25, -0.2) is 14.1 Å². The molecule has 1 aliphatic heterocycles. The molecule has 1 aromatic heterocycles. The van der Waals surface area contributed by atoms with Crippen molar-refractivity contribution in [2.45, 2.75) is 13.5 Å². The lowest BCUT2D eigenvalue weighted by atomic mass is 10.2. The average Bonchev–Trinajstić information content (AvgIpc) is 3.19. The molecule has 7 heteroatoms. The zero-order valence-corrected chi connectivity index (χ0v) is 16.5. The van der Waals surface area contributed by atoms with E-state index in [0.717, 1.165) is 48.8 Å². The average molecular weight is 392 g/mol. The number of hydrogen-bond acceptors (Lipinski definition) is 3. The third-order valence-electron chi connectivity index (χ3n) is 5.17. The summed E-state index contributed by atoms with van der Waals surface area (Å²) in [6.45, 7) is 5.69. The van der Waals surface area contributed by atoms with Crippen molar-refractivity contribution in [1.29, 1.82) is 0 Å². The van der Waals surface area contributed by atoms with E-state index in [1.165, 1.54) is 12.1 Å². The van der Waals surface area contributed by atoms with Crippen LogP contribution in [0.3, 0.4) is 0 Å². The Bertz CT molecular complexity index is 987. The van der Waals surface area contributed by atoms with Gasteiger partial charge in [-0.3, -0.25) is 0 Å². The highest BCUT2D eigenvalue weighted by molar-refractivity contribution is 5.78. The van der Waals surface area contributed by atoms with Gasteiger partial charge in [-0.15, -0.1) is 0 Å². The molecule has 0 spiro atoms. The summed E-state index contributed by atoms with van der Waals surface area (Å²) in [6, 6.07) is 16.7. The standard InChI is InChI=1S/C22H25FN6/c1-17-10-11-29(26-17)21-5-3-2-4-18(21)16-25-22(24)28-14-12-27(13-15-28)20-8-6-19(23)7-9-20/h2-11H,12-16H2,1H3,(H2,24,25). The zero-order valence-electron chi connectivity index (χ0n) is 16.5. The molecule has 29 heavy (non-hydrogen) atoms. The normalized spacial score (nSPS) is 15.0. The van der Waals surface area contributed by atoms with Gasteiger partial charge in [0, 0.05) is 38.1 Å². The second-order valence-electron chi connectivity index (χ2n) is 7.16. The van der Waals surface area contributed by atoms with Crippen molar-refractivity contribution in [2.24, 2.45) is 10.7 Å². The number of aryl methyl sites for hydroxylation is 1. The quantitative estimate of drug-likeness (QED) is 0.548. The van der Waals surface area contributed by atoms with E-state index in [-0.39, 0.29) is 5.82 Å². The van der Waals surface area contributed by atoms with Crippen molar-refractivity contribution in [3.8, 4) is 5.69 Å². The van der Waals surface area contributed by atoms with E-state index in [9.17, 15) is 4.39 Å². The summed E-state index contributed by atoms with van der Waals surface area (Å²) in [7, 11) is 0. The Balaban J connectivity index is 1.40. The summed E-state index contributed by atoms with van der Waals surface area (Å²) in [5.41, 5.74) is 10.4. The topological polar surface area (TPSA) is 62.7 Å². The van der Waals surface area contributed by atoms with Crippen LogP contribution in [-0.2, 0) is 6.54 Å². The van der Waals surface area contributed by atoms with Gasteiger partial charge in [0.15, 0.2) is 5.96 Å². The number of aromatic nitrogens is 2. The van der Waals surface area contributed by atoms with Crippen molar-refractivity contribution in [3.05, 3.63) is 77.9 Å². The fraction of sp³-hybridized carbons (Fsp3) is 0.273. The van der Waals surface area contributed by atoms with Crippen LogP contribution >= 0.6 is 0 Å². The van der Waals surface area contributed by atoms with E-state index < -0.39 is 0 Å². The van der Waals surface area contributed by atoms with Crippen LogP contribution in [0.4, 0.5) is 10.1 Å². The van der Waals surface area contributed by atoms with Crippen molar-refractivity contribution < 1.29 is 4.39 Å². The van der Waals surface area contributed by atoms with Crippen LogP contribution in [-0.4, -0.2) is 46.8 Å². The predicted molar refractivity (Wildman–Crippen MR) is 114 cm³/mol. The molecule has 0 aliphatic carbocycles. The molecule has 0 radical (unpaired) electrons. The van der Waals surface area contributed by atoms with Crippen LogP contribution in [0.15, 0.2) is 65.8 Å². The van der Waals surface area contributed by atoms with E-state index in [0.29, 0.717) is 12.5 Å². The first kappa shape index (κ1) is 19.0. The van der Waals surface area contributed by atoms with E-state index in [4.69, 9.17) is 5.73 Å². The zero-order chi connectivity index (χ0) is 20.2. The molecule has 2 heterocycles. The van der Waals surface area contributed by atoms with E-state index in [2.05, 4.69) is 26.0 Å². The summed E-state index contributed by atoms with van der Waals surface area (Å²) in [6.07, 6.45) is 1.95. The van der Waals surface area contributed by atoms with Crippen molar-refractivity contribution >= 4 is 11.6 Å². The van der Waals surface area contributed by atoms with Gasteiger partial charge in [0.1, 0.15) is 5.82 Å². The summed E-state index contributed by atoms with van der Waals surface area (Å²) >= 11 is 0. The third kappa shape index (κ3) is 4.39.